The SMILES string of the molecule is CCCC/C(=N\NS(=O)(=O)c1ccc(C)cc1)C(Oc1ccccc1)n1nnc2ccccc21. The van der Waals surface area contributed by atoms with E-state index in [1.54, 1.807) is 28.9 Å². The number of unbranched alkanes of at least 4 members (excludes halogenated alkanes) is 1. The number of nitrogens with zero attached hydrogens (tertiary/aromatic N) is 4. The minimum Gasteiger partial charge on any atom is -0.463 e. The molecule has 8 nitrogen and oxygen atoms in total. The minimum atomic E-state index is -3.85. The van der Waals surface area contributed by atoms with Gasteiger partial charge in [0.1, 0.15) is 17.0 Å². The van der Waals surface area contributed by atoms with Crippen LogP contribution in [0.15, 0.2) is 88.9 Å². The van der Waals surface area contributed by atoms with Gasteiger partial charge in [-0.15, -0.1) is 5.10 Å². The van der Waals surface area contributed by atoms with Crippen LogP contribution in [0.5, 0.6) is 5.75 Å². The van der Waals surface area contributed by atoms with E-state index < -0.39 is 16.3 Å². The maximum absolute atomic E-state index is 12.9. The Hall–Kier alpha value is -3.72. The van der Waals surface area contributed by atoms with Gasteiger partial charge in [0.25, 0.3) is 10.0 Å². The lowest BCUT2D eigenvalue weighted by atomic mass is 10.1. The van der Waals surface area contributed by atoms with Gasteiger partial charge in [-0.1, -0.05) is 66.6 Å². The molecule has 0 saturated carbocycles. The summed E-state index contributed by atoms with van der Waals surface area (Å²) in [6.07, 6.45) is 1.42. The molecule has 3 aromatic carbocycles. The molecule has 0 saturated heterocycles. The summed E-state index contributed by atoms with van der Waals surface area (Å²) in [5.74, 6) is 0.609. The molecule has 1 heterocycles. The van der Waals surface area contributed by atoms with Gasteiger partial charge in [-0.2, -0.15) is 23.0 Å². The molecule has 0 amide bonds. The van der Waals surface area contributed by atoms with Crippen molar-refractivity contribution in [3.63, 3.8) is 0 Å². The zero-order chi connectivity index (χ0) is 24.0. The average Bonchev–Trinajstić information content (AvgIpc) is 3.28. The molecule has 0 aliphatic carbocycles. The second kappa shape index (κ2) is 10.5. The fourth-order valence-corrected chi connectivity index (χ4v) is 4.27. The van der Waals surface area contributed by atoms with Crippen molar-refractivity contribution >= 4 is 26.8 Å². The van der Waals surface area contributed by atoms with Crippen LogP contribution in [0.2, 0.25) is 0 Å². The van der Waals surface area contributed by atoms with Crippen molar-refractivity contribution in [2.24, 2.45) is 5.10 Å². The highest BCUT2D eigenvalue weighted by Gasteiger charge is 2.25. The van der Waals surface area contributed by atoms with E-state index in [0.29, 0.717) is 23.4 Å². The number of aryl methyl sites for hydroxylation is 1. The Labute approximate surface area is 199 Å². The van der Waals surface area contributed by atoms with E-state index in [-0.39, 0.29) is 4.90 Å². The fourth-order valence-electron chi connectivity index (χ4n) is 3.43. The predicted octanol–water partition coefficient (Wildman–Crippen LogP) is 4.84. The Morgan fingerprint density at radius 1 is 1.03 bits per heavy atom. The first kappa shape index (κ1) is 23.4. The molecule has 176 valence electrons. The number of hydrogen-bond acceptors (Lipinski definition) is 6. The highest BCUT2D eigenvalue weighted by atomic mass is 32.2. The number of para-hydroxylation sites is 2. The molecular weight excluding hydrogens is 450 g/mol. The predicted molar refractivity (Wildman–Crippen MR) is 132 cm³/mol. The van der Waals surface area contributed by atoms with Gasteiger partial charge >= 0.3 is 0 Å². The first-order valence-electron chi connectivity index (χ1n) is 11.1. The summed E-state index contributed by atoms with van der Waals surface area (Å²) in [5.41, 5.74) is 2.94. The lowest BCUT2D eigenvalue weighted by molar-refractivity contribution is 0.185. The van der Waals surface area contributed by atoms with Gasteiger partial charge in [-0.3, -0.25) is 0 Å². The molecule has 1 N–H and O–H groups in total. The van der Waals surface area contributed by atoms with E-state index in [2.05, 4.69) is 27.2 Å². The molecule has 0 radical (unpaired) electrons. The van der Waals surface area contributed by atoms with E-state index >= 15 is 0 Å². The van der Waals surface area contributed by atoms with E-state index in [1.165, 1.54) is 0 Å². The maximum Gasteiger partial charge on any atom is 0.276 e. The average molecular weight is 478 g/mol. The second-order valence-corrected chi connectivity index (χ2v) is 9.58. The summed E-state index contributed by atoms with van der Waals surface area (Å²) < 4.78 is 33.8. The largest absolute Gasteiger partial charge is 0.463 e. The first-order chi connectivity index (χ1) is 16.5. The van der Waals surface area contributed by atoms with Crippen LogP contribution in [0.25, 0.3) is 11.0 Å². The molecule has 34 heavy (non-hydrogen) atoms. The molecule has 1 aromatic heterocycles. The summed E-state index contributed by atoms with van der Waals surface area (Å²) in [4.78, 5) is 2.54. The third-order valence-corrected chi connectivity index (χ3v) is 6.53. The Kier molecular flexibility index (Phi) is 7.22. The van der Waals surface area contributed by atoms with Crippen molar-refractivity contribution < 1.29 is 13.2 Å². The Morgan fingerprint density at radius 3 is 2.47 bits per heavy atom. The van der Waals surface area contributed by atoms with E-state index in [0.717, 1.165) is 23.9 Å². The first-order valence-corrected chi connectivity index (χ1v) is 12.6. The standard InChI is InChI=1S/C25H27N5O3S/c1-3-4-12-23(27-29-34(31,32)21-17-15-19(2)16-18-21)25(33-20-10-6-5-7-11-20)30-24-14-9-8-13-22(24)26-28-30/h5-11,13-18,25,29H,3-4,12H2,1-2H3/b27-23+. The van der Waals surface area contributed by atoms with Gasteiger partial charge in [-0.25, -0.2) is 0 Å². The van der Waals surface area contributed by atoms with Crippen molar-refractivity contribution in [3.8, 4) is 5.75 Å². The van der Waals surface area contributed by atoms with Crippen LogP contribution >= 0.6 is 0 Å². The van der Waals surface area contributed by atoms with E-state index in [9.17, 15) is 8.42 Å². The van der Waals surface area contributed by atoms with Crippen LogP contribution < -0.4 is 9.57 Å². The van der Waals surface area contributed by atoms with Crippen molar-refractivity contribution in [2.75, 3.05) is 0 Å². The molecule has 0 fully saturated rings. The molecule has 1 unspecified atom stereocenters. The zero-order valence-corrected chi connectivity index (χ0v) is 19.9. The van der Waals surface area contributed by atoms with Crippen LogP contribution in [0.1, 0.15) is 38.0 Å². The van der Waals surface area contributed by atoms with Crippen LogP contribution in [0, 0.1) is 6.92 Å². The smallest absolute Gasteiger partial charge is 0.276 e. The Balaban J connectivity index is 1.75. The summed E-state index contributed by atoms with van der Waals surface area (Å²) in [5, 5.41) is 12.9. The number of sulfonamides is 1. The minimum absolute atomic E-state index is 0.142. The van der Waals surface area contributed by atoms with Crippen molar-refractivity contribution in [1.29, 1.82) is 0 Å². The van der Waals surface area contributed by atoms with E-state index in [4.69, 9.17) is 4.74 Å². The summed E-state index contributed by atoms with van der Waals surface area (Å²) in [6.45, 7) is 3.96. The molecule has 0 bridgehead atoms. The van der Waals surface area contributed by atoms with E-state index in [1.807, 2.05) is 61.5 Å². The van der Waals surface area contributed by atoms with Crippen LogP contribution in [-0.4, -0.2) is 29.1 Å². The van der Waals surface area contributed by atoms with Crippen LogP contribution in [0.3, 0.4) is 0 Å². The molecule has 0 aliphatic heterocycles. The van der Waals surface area contributed by atoms with Crippen molar-refractivity contribution in [2.45, 2.75) is 44.2 Å². The van der Waals surface area contributed by atoms with Gasteiger partial charge in [0.05, 0.1) is 10.4 Å². The topological polar surface area (TPSA) is 98.5 Å². The Bertz CT molecular complexity index is 1370. The number of rotatable bonds is 10. The molecule has 1 atom stereocenters. The van der Waals surface area contributed by atoms with Crippen molar-refractivity contribution in [3.05, 3.63) is 84.4 Å². The molecule has 4 rings (SSSR count). The summed E-state index contributed by atoms with van der Waals surface area (Å²) in [6, 6.07) is 23.5. The van der Waals surface area contributed by atoms with Gasteiger partial charge in [0.2, 0.25) is 6.23 Å². The third-order valence-electron chi connectivity index (χ3n) is 5.30. The fraction of sp³-hybridized carbons (Fsp3) is 0.240. The van der Waals surface area contributed by atoms with Gasteiger partial charge in [0.15, 0.2) is 0 Å². The van der Waals surface area contributed by atoms with Gasteiger partial charge < -0.3 is 4.74 Å². The molecule has 9 heteroatoms. The maximum atomic E-state index is 12.9. The number of benzene rings is 3. The highest BCUT2D eigenvalue weighted by Crippen LogP contribution is 2.24. The number of fused-ring (bicyclic) bond motifs is 1. The normalized spacial score (nSPS) is 13.1. The van der Waals surface area contributed by atoms with Crippen LogP contribution in [-0.2, 0) is 10.0 Å². The lowest BCUT2D eigenvalue weighted by Crippen LogP contribution is -2.30. The molecule has 0 spiro atoms. The number of ether oxygens (including phenoxy) is 1. The summed E-state index contributed by atoms with van der Waals surface area (Å²) >= 11 is 0. The quantitative estimate of drug-likeness (QED) is 0.260. The molecule has 0 aliphatic rings. The number of aromatic nitrogens is 3. The van der Waals surface area contributed by atoms with Crippen LogP contribution in [0.4, 0.5) is 0 Å². The highest BCUT2D eigenvalue weighted by molar-refractivity contribution is 7.89. The molecule has 4 aromatic rings. The second-order valence-electron chi connectivity index (χ2n) is 7.92. The lowest BCUT2D eigenvalue weighted by Gasteiger charge is -2.22. The number of hydrazone groups is 1. The third kappa shape index (κ3) is 5.43. The number of hydrogen-bond donors (Lipinski definition) is 1. The zero-order valence-electron chi connectivity index (χ0n) is 19.1. The van der Waals surface area contributed by atoms with Gasteiger partial charge in [-0.05, 0) is 56.2 Å². The monoisotopic (exact) mass is 477 g/mol. The number of nitrogens with one attached hydrogen (secondary N) is 1. The Morgan fingerprint density at radius 2 is 1.74 bits per heavy atom. The van der Waals surface area contributed by atoms with Crippen molar-refractivity contribution in [1.82, 2.24) is 19.8 Å². The van der Waals surface area contributed by atoms with Gasteiger partial charge in [0, 0.05) is 0 Å². The summed E-state index contributed by atoms with van der Waals surface area (Å²) in [7, 11) is -3.85. The molecular formula is C25H27N5O3S.